The Morgan fingerprint density at radius 2 is 1.73 bits per heavy atom. The molecule has 0 radical (unpaired) electrons. The lowest BCUT2D eigenvalue weighted by Gasteiger charge is -2.38. The minimum absolute atomic E-state index is 0.370. The summed E-state index contributed by atoms with van der Waals surface area (Å²) in [4.78, 5) is 0. The predicted octanol–water partition coefficient (Wildman–Crippen LogP) is 3.16. The van der Waals surface area contributed by atoms with Crippen LogP contribution < -0.4 is 0 Å². The van der Waals surface area contributed by atoms with Crippen LogP contribution >= 0.6 is 21.6 Å². The van der Waals surface area contributed by atoms with E-state index in [1.165, 1.54) is 0 Å². The third-order valence-electron chi connectivity index (χ3n) is 1.59. The minimum atomic E-state index is 0.370. The lowest BCUT2D eigenvalue weighted by molar-refractivity contribution is 0.0509. The molecule has 0 aromatic carbocycles. The van der Waals surface area contributed by atoms with E-state index in [0.29, 0.717) is 16.8 Å². The summed E-state index contributed by atoms with van der Waals surface area (Å²) in [7, 11) is 3.82. The van der Waals surface area contributed by atoms with Crippen molar-refractivity contribution in [1.29, 1.82) is 0 Å². The summed E-state index contributed by atoms with van der Waals surface area (Å²) in [5.74, 6) is 0.741. The van der Waals surface area contributed by atoms with E-state index in [0.717, 1.165) is 5.92 Å². The molecule has 2 atom stereocenters. The molecule has 0 aliphatic carbocycles. The zero-order valence-electron chi connectivity index (χ0n) is 7.53. The van der Waals surface area contributed by atoms with Crippen molar-refractivity contribution in [2.45, 2.75) is 44.5 Å². The van der Waals surface area contributed by atoms with E-state index in [9.17, 15) is 0 Å². The molecule has 0 aromatic heterocycles. The first-order chi connectivity index (χ1) is 5.11. The van der Waals surface area contributed by atoms with Crippen LogP contribution in [0.15, 0.2) is 0 Å². The number of rotatable bonds is 3. The molecule has 1 saturated heterocycles. The molecule has 0 bridgehead atoms. The highest BCUT2D eigenvalue weighted by atomic mass is 33.1. The highest BCUT2D eigenvalue weighted by Gasteiger charge is 2.36. The largest absolute Gasteiger partial charge is 0.363 e. The standard InChI is InChI=1S/C8H16OS2/c1-5(2)7-8(11-10-7)9-6(3)4/h5-8H,1-4H3. The van der Waals surface area contributed by atoms with Crippen molar-refractivity contribution < 1.29 is 4.74 Å². The third-order valence-corrected chi connectivity index (χ3v) is 5.05. The van der Waals surface area contributed by atoms with Crippen molar-refractivity contribution in [3.8, 4) is 0 Å². The van der Waals surface area contributed by atoms with Gasteiger partial charge in [0.2, 0.25) is 0 Å². The maximum Gasteiger partial charge on any atom is 0.126 e. The molecule has 1 heterocycles. The molecule has 11 heavy (non-hydrogen) atoms. The summed E-state index contributed by atoms with van der Waals surface area (Å²) < 4.78 is 5.70. The van der Waals surface area contributed by atoms with Gasteiger partial charge >= 0.3 is 0 Å². The summed E-state index contributed by atoms with van der Waals surface area (Å²) in [6.07, 6.45) is 0.370. The Bertz CT molecular complexity index is 125. The summed E-state index contributed by atoms with van der Waals surface area (Å²) in [5.41, 5.74) is 0.444. The van der Waals surface area contributed by atoms with Gasteiger partial charge in [-0.25, -0.2) is 0 Å². The van der Waals surface area contributed by atoms with Crippen LogP contribution in [0.25, 0.3) is 0 Å². The Morgan fingerprint density at radius 3 is 2.00 bits per heavy atom. The molecule has 1 aliphatic heterocycles. The van der Waals surface area contributed by atoms with Crippen LogP contribution in [-0.2, 0) is 4.74 Å². The topological polar surface area (TPSA) is 9.23 Å². The van der Waals surface area contributed by atoms with E-state index in [1.54, 1.807) is 0 Å². The first-order valence-electron chi connectivity index (χ1n) is 4.09. The predicted molar refractivity (Wildman–Crippen MR) is 53.8 cm³/mol. The van der Waals surface area contributed by atoms with Gasteiger partial charge in [-0.05, 0) is 19.8 Å². The minimum Gasteiger partial charge on any atom is -0.363 e. The molecule has 2 unspecified atom stereocenters. The summed E-state index contributed by atoms with van der Waals surface area (Å²) in [6.45, 7) is 8.71. The first kappa shape index (κ1) is 9.75. The molecule has 0 saturated carbocycles. The van der Waals surface area contributed by atoms with Crippen molar-refractivity contribution >= 4 is 21.6 Å². The second kappa shape index (κ2) is 4.06. The van der Waals surface area contributed by atoms with Crippen molar-refractivity contribution in [2.75, 3.05) is 0 Å². The first-order valence-corrected chi connectivity index (χ1v) is 6.36. The fourth-order valence-electron chi connectivity index (χ4n) is 0.959. The Hall–Kier alpha value is 0.660. The zero-order valence-corrected chi connectivity index (χ0v) is 9.17. The smallest absolute Gasteiger partial charge is 0.126 e. The second-order valence-electron chi connectivity index (χ2n) is 3.45. The monoisotopic (exact) mass is 192 g/mol. The SMILES string of the molecule is CC(C)OC1SSC1C(C)C. The quantitative estimate of drug-likeness (QED) is 0.636. The van der Waals surface area contributed by atoms with Crippen LogP contribution in [0, 0.1) is 5.92 Å². The number of hydrogen-bond donors (Lipinski definition) is 0. The fraction of sp³-hybridized carbons (Fsp3) is 1.00. The average Bonchev–Trinajstić information content (AvgIpc) is 1.78. The number of ether oxygens (including phenoxy) is 1. The molecule has 1 fully saturated rings. The van der Waals surface area contributed by atoms with Crippen LogP contribution in [0.3, 0.4) is 0 Å². The second-order valence-corrected chi connectivity index (χ2v) is 6.00. The lowest BCUT2D eigenvalue weighted by Crippen LogP contribution is -2.35. The van der Waals surface area contributed by atoms with Crippen LogP contribution in [0.4, 0.5) is 0 Å². The fourth-order valence-corrected chi connectivity index (χ4v) is 3.95. The molecule has 1 rings (SSSR count). The molecule has 1 aliphatic rings. The van der Waals surface area contributed by atoms with Gasteiger partial charge in [0.1, 0.15) is 5.44 Å². The highest BCUT2D eigenvalue weighted by Crippen LogP contribution is 2.51. The average molecular weight is 192 g/mol. The lowest BCUT2D eigenvalue weighted by atomic mass is 10.1. The van der Waals surface area contributed by atoms with Gasteiger partial charge in [0.05, 0.1) is 11.4 Å². The van der Waals surface area contributed by atoms with Crippen molar-refractivity contribution in [3.63, 3.8) is 0 Å². The van der Waals surface area contributed by atoms with Gasteiger partial charge in [-0.15, -0.1) is 0 Å². The molecule has 0 amide bonds. The van der Waals surface area contributed by atoms with E-state index >= 15 is 0 Å². The van der Waals surface area contributed by atoms with Gasteiger partial charge in [0.25, 0.3) is 0 Å². The Morgan fingerprint density at radius 1 is 1.09 bits per heavy atom. The third kappa shape index (κ3) is 2.56. The molecule has 0 spiro atoms. The Kier molecular flexibility index (Phi) is 3.59. The maximum absolute atomic E-state index is 5.70. The van der Waals surface area contributed by atoms with E-state index in [2.05, 4.69) is 27.7 Å². The van der Waals surface area contributed by atoms with Gasteiger partial charge in [-0.3, -0.25) is 0 Å². The summed E-state index contributed by atoms with van der Waals surface area (Å²) in [6, 6.07) is 0. The maximum atomic E-state index is 5.70. The molecular formula is C8H16OS2. The van der Waals surface area contributed by atoms with Crippen molar-refractivity contribution in [3.05, 3.63) is 0 Å². The van der Waals surface area contributed by atoms with Gasteiger partial charge < -0.3 is 4.74 Å². The van der Waals surface area contributed by atoms with Crippen molar-refractivity contribution in [1.82, 2.24) is 0 Å². The molecule has 66 valence electrons. The molecule has 0 aromatic rings. The van der Waals surface area contributed by atoms with Crippen molar-refractivity contribution in [2.24, 2.45) is 5.92 Å². The molecule has 3 heteroatoms. The van der Waals surface area contributed by atoms with Gasteiger partial charge in [0, 0.05) is 0 Å². The number of hydrogen-bond acceptors (Lipinski definition) is 3. The normalized spacial score (nSPS) is 31.1. The molecule has 0 N–H and O–H groups in total. The summed E-state index contributed by atoms with van der Waals surface area (Å²) in [5, 5.41) is 0.711. The molecular weight excluding hydrogens is 176 g/mol. The summed E-state index contributed by atoms with van der Waals surface area (Å²) >= 11 is 0. The highest BCUT2D eigenvalue weighted by molar-refractivity contribution is 8.80. The molecule has 1 nitrogen and oxygen atoms in total. The van der Waals surface area contributed by atoms with Crippen LogP contribution in [0.2, 0.25) is 0 Å². The zero-order chi connectivity index (χ0) is 8.43. The van der Waals surface area contributed by atoms with Crippen LogP contribution in [-0.4, -0.2) is 16.8 Å². The Labute approximate surface area is 77.0 Å². The van der Waals surface area contributed by atoms with Gasteiger partial charge in [0.15, 0.2) is 0 Å². The van der Waals surface area contributed by atoms with E-state index in [-0.39, 0.29) is 0 Å². The Balaban J connectivity index is 2.26. The van der Waals surface area contributed by atoms with E-state index in [1.807, 2.05) is 21.6 Å². The van der Waals surface area contributed by atoms with Gasteiger partial charge in [-0.2, -0.15) is 0 Å². The van der Waals surface area contributed by atoms with E-state index < -0.39 is 0 Å². The van der Waals surface area contributed by atoms with Crippen LogP contribution in [0.1, 0.15) is 27.7 Å². The van der Waals surface area contributed by atoms with E-state index in [4.69, 9.17) is 4.74 Å². The van der Waals surface area contributed by atoms with Crippen LogP contribution in [0.5, 0.6) is 0 Å². The van der Waals surface area contributed by atoms with Gasteiger partial charge in [-0.1, -0.05) is 35.4 Å².